The normalized spacial score (nSPS) is 19.4. The van der Waals surface area contributed by atoms with Gasteiger partial charge in [0, 0.05) is 48.7 Å². The number of rotatable bonds is 4. The zero-order valence-electron chi connectivity index (χ0n) is 19.7. The maximum absolute atomic E-state index is 12.6. The molecule has 1 fully saturated rings. The number of nitrogen functional groups attached to an aromatic ring is 1. The van der Waals surface area contributed by atoms with E-state index in [1.807, 2.05) is 42.5 Å². The summed E-state index contributed by atoms with van der Waals surface area (Å²) in [5.74, 6) is 0.780. The van der Waals surface area contributed by atoms with Crippen LogP contribution in [-0.2, 0) is 23.3 Å². The average Bonchev–Trinajstić information content (AvgIpc) is 3.50. The molecule has 1 spiro atoms. The summed E-state index contributed by atoms with van der Waals surface area (Å²) in [6.45, 7) is 8.04. The number of aromatic nitrogens is 5. The SMILES string of the molecule is CC(C)(C)OC(=O)N1CC[C@@]2(CCn3nc(-c4cnc(N)c(OCc5cccnn5)c4)cc32)C1. The molecule has 0 radical (unpaired) electrons. The number of hydrogen-bond acceptors (Lipinski definition) is 8. The van der Waals surface area contributed by atoms with Crippen molar-refractivity contribution in [1.29, 1.82) is 0 Å². The highest BCUT2D eigenvalue weighted by Crippen LogP contribution is 2.44. The first-order valence-electron chi connectivity index (χ1n) is 11.4. The van der Waals surface area contributed by atoms with Gasteiger partial charge in [0.15, 0.2) is 11.6 Å². The number of hydrogen-bond donors (Lipinski definition) is 1. The van der Waals surface area contributed by atoms with Gasteiger partial charge in [0.1, 0.15) is 17.9 Å². The highest BCUT2D eigenvalue weighted by Gasteiger charge is 2.47. The first kappa shape index (κ1) is 22.1. The largest absolute Gasteiger partial charge is 0.483 e. The Bertz CT molecular complexity index is 1210. The lowest BCUT2D eigenvalue weighted by Crippen LogP contribution is -2.37. The number of nitrogens with zero attached hydrogens (tertiary/aromatic N) is 6. The summed E-state index contributed by atoms with van der Waals surface area (Å²) >= 11 is 0. The van der Waals surface area contributed by atoms with Crippen molar-refractivity contribution in [2.45, 2.75) is 57.8 Å². The molecule has 0 aliphatic carbocycles. The van der Waals surface area contributed by atoms with Crippen molar-refractivity contribution in [2.24, 2.45) is 0 Å². The Balaban J connectivity index is 1.34. The quantitative estimate of drug-likeness (QED) is 0.626. The van der Waals surface area contributed by atoms with Gasteiger partial charge in [-0.3, -0.25) is 4.68 Å². The van der Waals surface area contributed by atoms with Crippen molar-refractivity contribution in [1.82, 2.24) is 29.9 Å². The van der Waals surface area contributed by atoms with E-state index in [4.69, 9.17) is 20.3 Å². The second-order valence-corrected chi connectivity index (χ2v) is 9.93. The van der Waals surface area contributed by atoms with E-state index in [9.17, 15) is 4.79 Å². The highest BCUT2D eigenvalue weighted by molar-refractivity contribution is 5.69. The molecule has 2 N–H and O–H groups in total. The second-order valence-electron chi connectivity index (χ2n) is 9.93. The summed E-state index contributed by atoms with van der Waals surface area (Å²) in [7, 11) is 0. The molecule has 0 unspecified atom stereocenters. The van der Waals surface area contributed by atoms with Crippen LogP contribution in [0.3, 0.4) is 0 Å². The standard InChI is InChI=1S/C24H29N7O3/c1-23(2,3)34-22(32)30-9-6-24(15-30)7-10-31-20(24)12-18(29-31)16-11-19(21(25)26-13-16)33-14-17-5-4-8-27-28-17/h4-5,8,11-13H,6-7,9-10,14-15H2,1-3H3,(H2,25,26)/t24-/m1/s1. The number of aryl methyl sites for hydroxylation is 1. The van der Waals surface area contributed by atoms with Crippen molar-refractivity contribution in [2.75, 3.05) is 18.8 Å². The van der Waals surface area contributed by atoms with Crippen LogP contribution >= 0.6 is 0 Å². The number of fused-ring (bicyclic) bond motifs is 2. The monoisotopic (exact) mass is 463 g/mol. The van der Waals surface area contributed by atoms with E-state index in [1.54, 1.807) is 18.5 Å². The first-order chi connectivity index (χ1) is 16.2. The Morgan fingerprint density at radius 3 is 2.82 bits per heavy atom. The lowest BCUT2D eigenvalue weighted by Gasteiger charge is -2.26. The van der Waals surface area contributed by atoms with Gasteiger partial charge in [-0.2, -0.15) is 15.3 Å². The maximum atomic E-state index is 12.6. The molecule has 10 nitrogen and oxygen atoms in total. The zero-order chi connectivity index (χ0) is 23.9. The third-order valence-corrected chi connectivity index (χ3v) is 6.31. The van der Waals surface area contributed by atoms with Crippen LogP contribution in [0.5, 0.6) is 5.75 Å². The van der Waals surface area contributed by atoms with Crippen LogP contribution in [0.15, 0.2) is 36.7 Å². The van der Waals surface area contributed by atoms with E-state index in [0.29, 0.717) is 30.4 Å². The predicted molar refractivity (Wildman–Crippen MR) is 125 cm³/mol. The Kier molecular flexibility index (Phi) is 5.38. The minimum Gasteiger partial charge on any atom is -0.483 e. The molecule has 1 saturated heterocycles. The van der Waals surface area contributed by atoms with Crippen LogP contribution in [0.25, 0.3) is 11.3 Å². The van der Waals surface area contributed by atoms with Crippen molar-refractivity contribution in [3.05, 3.63) is 48.0 Å². The van der Waals surface area contributed by atoms with E-state index in [1.165, 1.54) is 0 Å². The topological polar surface area (TPSA) is 121 Å². The van der Waals surface area contributed by atoms with E-state index in [0.717, 1.165) is 36.3 Å². The number of nitrogens with two attached hydrogens (primary N) is 1. The Morgan fingerprint density at radius 1 is 1.24 bits per heavy atom. The number of anilines is 1. The van der Waals surface area contributed by atoms with E-state index >= 15 is 0 Å². The molecular weight excluding hydrogens is 434 g/mol. The van der Waals surface area contributed by atoms with Gasteiger partial charge in [0.25, 0.3) is 0 Å². The van der Waals surface area contributed by atoms with Gasteiger partial charge < -0.3 is 20.1 Å². The molecule has 0 aromatic carbocycles. The molecule has 2 aliphatic heterocycles. The van der Waals surface area contributed by atoms with Gasteiger partial charge in [-0.05, 0) is 57.9 Å². The number of likely N-dealkylation sites (tertiary alicyclic amines) is 1. The third kappa shape index (κ3) is 4.27. The predicted octanol–water partition coefficient (Wildman–Crippen LogP) is 3.18. The van der Waals surface area contributed by atoms with Crippen LogP contribution in [0, 0.1) is 0 Å². The lowest BCUT2D eigenvalue weighted by atomic mass is 9.82. The zero-order valence-corrected chi connectivity index (χ0v) is 19.7. The van der Waals surface area contributed by atoms with Gasteiger partial charge >= 0.3 is 6.09 Å². The van der Waals surface area contributed by atoms with Gasteiger partial charge in [0.2, 0.25) is 0 Å². The first-order valence-corrected chi connectivity index (χ1v) is 11.4. The molecule has 3 aromatic heterocycles. The Labute approximate surface area is 198 Å². The number of amides is 1. The summed E-state index contributed by atoms with van der Waals surface area (Å²) in [6.07, 6.45) is 4.92. The van der Waals surface area contributed by atoms with Crippen LogP contribution < -0.4 is 10.5 Å². The van der Waals surface area contributed by atoms with Gasteiger partial charge in [0.05, 0.1) is 5.69 Å². The molecule has 34 heavy (non-hydrogen) atoms. The summed E-state index contributed by atoms with van der Waals surface area (Å²) in [4.78, 5) is 18.7. The summed E-state index contributed by atoms with van der Waals surface area (Å²) in [5.41, 5.74) is 8.90. The van der Waals surface area contributed by atoms with Crippen LogP contribution in [-0.4, -0.2) is 54.6 Å². The fraction of sp³-hybridized carbons (Fsp3) is 0.458. The fourth-order valence-corrected chi connectivity index (χ4v) is 4.64. The number of carbonyl (C=O) groups is 1. The van der Waals surface area contributed by atoms with Gasteiger partial charge in [-0.15, -0.1) is 0 Å². The summed E-state index contributed by atoms with van der Waals surface area (Å²) in [6, 6.07) is 7.59. The Hall–Kier alpha value is -3.69. The summed E-state index contributed by atoms with van der Waals surface area (Å²) < 4.78 is 13.5. The molecule has 3 aromatic rings. The minimum atomic E-state index is -0.507. The van der Waals surface area contributed by atoms with E-state index in [-0.39, 0.29) is 18.1 Å². The van der Waals surface area contributed by atoms with Gasteiger partial charge in [-0.1, -0.05) is 0 Å². The van der Waals surface area contributed by atoms with Crippen LogP contribution in [0.1, 0.15) is 45.0 Å². The van der Waals surface area contributed by atoms with Crippen molar-refractivity contribution < 1.29 is 14.3 Å². The highest BCUT2D eigenvalue weighted by atomic mass is 16.6. The molecule has 178 valence electrons. The molecule has 0 saturated carbocycles. The summed E-state index contributed by atoms with van der Waals surface area (Å²) in [5, 5.41) is 12.7. The van der Waals surface area contributed by atoms with E-state index in [2.05, 4.69) is 21.2 Å². The second kappa shape index (κ2) is 8.27. The number of pyridine rings is 1. The average molecular weight is 464 g/mol. The van der Waals surface area contributed by atoms with Crippen molar-refractivity contribution >= 4 is 11.9 Å². The molecule has 1 atom stereocenters. The Morgan fingerprint density at radius 2 is 2.06 bits per heavy atom. The van der Waals surface area contributed by atoms with Crippen molar-refractivity contribution in [3.63, 3.8) is 0 Å². The van der Waals surface area contributed by atoms with E-state index < -0.39 is 5.60 Å². The molecule has 5 rings (SSSR count). The number of ether oxygens (including phenoxy) is 2. The third-order valence-electron chi connectivity index (χ3n) is 6.31. The molecule has 5 heterocycles. The maximum Gasteiger partial charge on any atom is 0.410 e. The minimum absolute atomic E-state index is 0.102. The molecular formula is C24H29N7O3. The molecule has 10 heteroatoms. The molecule has 2 aliphatic rings. The smallest absolute Gasteiger partial charge is 0.410 e. The van der Waals surface area contributed by atoms with Gasteiger partial charge in [-0.25, -0.2) is 9.78 Å². The lowest BCUT2D eigenvalue weighted by molar-refractivity contribution is 0.0284. The number of carbonyl (C=O) groups excluding carboxylic acids is 1. The van der Waals surface area contributed by atoms with Crippen LogP contribution in [0.2, 0.25) is 0 Å². The van der Waals surface area contributed by atoms with Crippen molar-refractivity contribution in [3.8, 4) is 17.0 Å². The molecule has 0 bridgehead atoms. The fourth-order valence-electron chi connectivity index (χ4n) is 4.64. The molecule has 1 amide bonds. The van der Waals surface area contributed by atoms with Crippen LogP contribution in [0.4, 0.5) is 10.6 Å².